The summed E-state index contributed by atoms with van der Waals surface area (Å²) in [7, 11) is -3.67. The highest BCUT2D eigenvalue weighted by Crippen LogP contribution is 2.16. The highest BCUT2D eigenvalue weighted by molar-refractivity contribution is 7.92. The molecule has 0 radical (unpaired) electrons. The zero-order valence-electron chi connectivity index (χ0n) is 10.6. The van der Waals surface area contributed by atoms with Gasteiger partial charge in [0.15, 0.2) is 15.6 Å². The summed E-state index contributed by atoms with van der Waals surface area (Å²) in [6.07, 6.45) is 1.03. The highest BCUT2D eigenvalue weighted by Gasteiger charge is 2.26. The van der Waals surface area contributed by atoms with Crippen LogP contribution in [0.4, 0.5) is 8.78 Å². The molecular formula is C13H14F2O4S. The molecule has 0 bridgehead atoms. The molecule has 1 saturated heterocycles. The van der Waals surface area contributed by atoms with E-state index in [0.717, 1.165) is 18.6 Å². The molecule has 0 aliphatic carbocycles. The van der Waals surface area contributed by atoms with Gasteiger partial charge in [0.25, 0.3) is 0 Å². The predicted octanol–water partition coefficient (Wildman–Crippen LogP) is 1.74. The van der Waals surface area contributed by atoms with Crippen molar-refractivity contribution in [2.24, 2.45) is 0 Å². The normalized spacial score (nSPS) is 19.2. The third-order valence-electron chi connectivity index (χ3n) is 3.05. The van der Waals surface area contributed by atoms with Crippen LogP contribution < -0.4 is 0 Å². The molecule has 0 spiro atoms. The summed E-state index contributed by atoms with van der Waals surface area (Å²) >= 11 is 0. The third kappa shape index (κ3) is 3.83. The van der Waals surface area contributed by atoms with E-state index in [1.54, 1.807) is 0 Å². The molecule has 1 aliphatic rings. The van der Waals surface area contributed by atoms with Crippen molar-refractivity contribution in [3.05, 3.63) is 35.4 Å². The van der Waals surface area contributed by atoms with Gasteiger partial charge >= 0.3 is 0 Å². The summed E-state index contributed by atoms with van der Waals surface area (Å²) < 4.78 is 55.0. The van der Waals surface area contributed by atoms with Gasteiger partial charge in [-0.1, -0.05) is 0 Å². The molecule has 0 amide bonds. The minimum Gasteiger partial charge on any atom is -0.377 e. The third-order valence-corrected chi connectivity index (χ3v) is 4.63. The van der Waals surface area contributed by atoms with Crippen LogP contribution in [0, 0.1) is 11.6 Å². The van der Waals surface area contributed by atoms with Gasteiger partial charge in [0.05, 0.1) is 17.4 Å². The first-order chi connectivity index (χ1) is 9.37. The molecule has 1 aliphatic heterocycles. The first-order valence-electron chi connectivity index (χ1n) is 6.18. The van der Waals surface area contributed by atoms with Gasteiger partial charge in [-0.3, -0.25) is 4.79 Å². The van der Waals surface area contributed by atoms with Crippen molar-refractivity contribution in [1.29, 1.82) is 0 Å². The van der Waals surface area contributed by atoms with E-state index in [1.807, 2.05) is 0 Å². The quantitative estimate of drug-likeness (QED) is 0.778. The van der Waals surface area contributed by atoms with Crippen molar-refractivity contribution < 1.29 is 26.7 Å². The summed E-state index contributed by atoms with van der Waals surface area (Å²) in [6, 6.07) is 2.43. The number of rotatable bonds is 5. The van der Waals surface area contributed by atoms with Gasteiger partial charge in [-0.2, -0.15) is 0 Å². The summed E-state index contributed by atoms with van der Waals surface area (Å²) in [5.41, 5.74) is -0.415. The maximum absolute atomic E-state index is 13.4. The number of hydrogen-bond donors (Lipinski definition) is 0. The Labute approximate surface area is 115 Å². The van der Waals surface area contributed by atoms with Crippen LogP contribution in [0.2, 0.25) is 0 Å². The predicted molar refractivity (Wildman–Crippen MR) is 68.3 cm³/mol. The number of Topliss-reactive ketones (excluding diaryl/α,β-unsaturated/α-hetero) is 1. The van der Waals surface area contributed by atoms with Crippen molar-refractivity contribution in [2.45, 2.75) is 18.9 Å². The summed E-state index contributed by atoms with van der Waals surface area (Å²) in [4.78, 5) is 11.8. The molecule has 1 unspecified atom stereocenters. The first kappa shape index (κ1) is 15.1. The van der Waals surface area contributed by atoms with Crippen LogP contribution >= 0.6 is 0 Å². The van der Waals surface area contributed by atoms with E-state index in [2.05, 4.69) is 0 Å². The Morgan fingerprint density at radius 3 is 2.70 bits per heavy atom. The maximum Gasteiger partial charge on any atom is 0.180 e. The Morgan fingerprint density at radius 1 is 1.35 bits per heavy atom. The van der Waals surface area contributed by atoms with E-state index in [4.69, 9.17) is 4.74 Å². The molecule has 1 atom stereocenters. The van der Waals surface area contributed by atoms with Gasteiger partial charge in [-0.25, -0.2) is 17.2 Å². The van der Waals surface area contributed by atoms with Crippen LogP contribution in [0.15, 0.2) is 18.2 Å². The van der Waals surface area contributed by atoms with Crippen LogP contribution in [-0.4, -0.2) is 38.4 Å². The van der Waals surface area contributed by atoms with Gasteiger partial charge < -0.3 is 4.74 Å². The van der Waals surface area contributed by atoms with Gasteiger partial charge in [0.2, 0.25) is 0 Å². The second-order valence-corrected chi connectivity index (χ2v) is 6.85. The molecule has 2 rings (SSSR count). The van der Waals surface area contributed by atoms with Gasteiger partial charge in [0, 0.05) is 12.7 Å². The number of ketones is 1. The van der Waals surface area contributed by atoms with E-state index in [9.17, 15) is 22.0 Å². The van der Waals surface area contributed by atoms with E-state index >= 15 is 0 Å². The lowest BCUT2D eigenvalue weighted by Gasteiger charge is -2.10. The minimum atomic E-state index is -3.67. The number of ether oxygens (including phenoxy) is 1. The van der Waals surface area contributed by atoms with Crippen molar-refractivity contribution in [3.8, 4) is 0 Å². The lowest BCUT2D eigenvalue weighted by molar-refractivity contribution is 0.101. The smallest absolute Gasteiger partial charge is 0.180 e. The minimum absolute atomic E-state index is 0.248. The molecule has 1 aromatic carbocycles. The maximum atomic E-state index is 13.4. The molecular weight excluding hydrogens is 290 g/mol. The summed E-state index contributed by atoms with van der Waals surface area (Å²) in [5, 5.41) is 0. The highest BCUT2D eigenvalue weighted by atomic mass is 32.2. The van der Waals surface area contributed by atoms with Gasteiger partial charge in [0.1, 0.15) is 17.4 Å². The van der Waals surface area contributed by atoms with Crippen molar-refractivity contribution in [2.75, 3.05) is 18.1 Å². The molecule has 0 N–H and O–H groups in total. The van der Waals surface area contributed by atoms with E-state index < -0.39 is 44.7 Å². The summed E-state index contributed by atoms with van der Waals surface area (Å²) in [6.45, 7) is 0.515. The fraction of sp³-hybridized carbons (Fsp3) is 0.462. The molecule has 110 valence electrons. The summed E-state index contributed by atoms with van der Waals surface area (Å²) in [5.74, 6) is -3.79. The topological polar surface area (TPSA) is 60.4 Å². The zero-order chi connectivity index (χ0) is 14.8. The second kappa shape index (κ2) is 5.97. The van der Waals surface area contributed by atoms with E-state index in [0.29, 0.717) is 19.1 Å². The number of carbonyl (C=O) groups excluding carboxylic acids is 1. The standard InChI is InChI=1S/C13H14F2O4S/c14-9-3-4-11(12(15)6-9)13(16)8-20(17,18)7-10-2-1-5-19-10/h3-4,6,10H,1-2,5,7-8H2. The first-order valence-corrected chi connectivity index (χ1v) is 8.00. The number of carbonyl (C=O) groups is 1. The fourth-order valence-corrected chi connectivity index (χ4v) is 3.61. The molecule has 0 saturated carbocycles. The van der Waals surface area contributed by atoms with E-state index in [1.165, 1.54) is 0 Å². The number of hydrogen-bond acceptors (Lipinski definition) is 4. The van der Waals surface area contributed by atoms with Gasteiger partial charge in [-0.15, -0.1) is 0 Å². The largest absolute Gasteiger partial charge is 0.377 e. The zero-order valence-corrected chi connectivity index (χ0v) is 11.5. The van der Waals surface area contributed by atoms with Crippen LogP contribution in [0.1, 0.15) is 23.2 Å². The Hall–Kier alpha value is -1.34. The number of benzene rings is 1. The molecule has 1 aromatic rings. The SMILES string of the molecule is O=C(CS(=O)(=O)CC1CCCO1)c1ccc(F)cc1F. The van der Waals surface area contributed by atoms with E-state index in [-0.39, 0.29) is 5.75 Å². The van der Waals surface area contributed by atoms with Crippen molar-refractivity contribution in [3.63, 3.8) is 0 Å². The Kier molecular flexibility index (Phi) is 4.49. The number of sulfone groups is 1. The molecule has 4 nitrogen and oxygen atoms in total. The molecule has 20 heavy (non-hydrogen) atoms. The monoisotopic (exact) mass is 304 g/mol. The van der Waals surface area contributed by atoms with Crippen LogP contribution in [0.3, 0.4) is 0 Å². The Bertz CT molecular complexity index is 607. The fourth-order valence-electron chi connectivity index (χ4n) is 2.11. The Balaban J connectivity index is 2.06. The molecule has 7 heteroatoms. The number of halogens is 2. The van der Waals surface area contributed by atoms with Crippen molar-refractivity contribution in [1.82, 2.24) is 0 Å². The van der Waals surface area contributed by atoms with Crippen molar-refractivity contribution >= 4 is 15.6 Å². The average Bonchev–Trinajstić information content (AvgIpc) is 2.79. The lowest BCUT2D eigenvalue weighted by Crippen LogP contribution is -2.26. The van der Waals surface area contributed by atoms with Gasteiger partial charge in [-0.05, 0) is 25.0 Å². The second-order valence-electron chi connectivity index (χ2n) is 4.74. The average molecular weight is 304 g/mol. The Morgan fingerprint density at radius 2 is 2.10 bits per heavy atom. The van der Waals surface area contributed by atoms with Crippen LogP contribution in [0.5, 0.6) is 0 Å². The molecule has 0 aromatic heterocycles. The van der Waals surface area contributed by atoms with Crippen LogP contribution in [0.25, 0.3) is 0 Å². The van der Waals surface area contributed by atoms with Crippen LogP contribution in [-0.2, 0) is 14.6 Å². The molecule has 1 heterocycles. The molecule has 1 fully saturated rings. The lowest BCUT2D eigenvalue weighted by atomic mass is 10.1.